The van der Waals surface area contributed by atoms with Crippen LogP contribution in [0.4, 0.5) is 0 Å². The van der Waals surface area contributed by atoms with E-state index < -0.39 is 0 Å². The molecule has 15 heavy (non-hydrogen) atoms. The van der Waals surface area contributed by atoms with Crippen LogP contribution < -0.4 is 11.1 Å². The van der Waals surface area contributed by atoms with Crippen molar-refractivity contribution in [2.24, 2.45) is 11.7 Å². The zero-order valence-electron chi connectivity index (χ0n) is 9.37. The summed E-state index contributed by atoms with van der Waals surface area (Å²) in [4.78, 5) is 11.7. The smallest absolute Gasteiger partial charge is 0.220 e. The first-order valence-corrected chi connectivity index (χ1v) is 6.29. The molecule has 3 nitrogen and oxygen atoms in total. The third-order valence-corrected chi connectivity index (χ3v) is 3.84. The van der Waals surface area contributed by atoms with Crippen molar-refractivity contribution in [2.45, 2.75) is 63.5 Å². The average molecular weight is 210 g/mol. The molecule has 2 rings (SSSR count). The van der Waals surface area contributed by atoms with Crippen molar-refractivity contribution in [1.29, 1.82) is 0 Å². The van der Waals surface area contributed by atoms with Crippen molar-refractivity contribution < 1.29 is 4.79 Å². The number of carbonyl (C=O) groups excluding carboxylic acids is 1. The summed E-state index contributed by atoms with van der Waals surface area (Å²) in [6.07, 6.45) is 8.84. The van der Waals surface area contributed by atoms with Gasteiger partial charge in [0, 0.05) is 18.5 Å². The molecule has 0 aromatic rings. The summed E-state index contributed by atoms with van der Waals surface area (Å²) in [5.74, 6) is 0.941. The number of carbonyl (C=O) groups is 1. The van der Waals surface area contributed by atoms with Gasteiger partial charge in [0.2, 0.25) is 5.91 Å². The van der Waals surface area contributed by atoms with Gasteiger partial charge in [0.15, 0.2) is 0 Å². The largest absolute Gasteiger partial charge is 0.353 e. The van der Waals surface area contributed by atoms with E-state index in [2.05, 4.69) is 5.32 Å². The van der Waals surface area contributed by atoms with E-state index in [-0.39, 0.29) is 5.91 Å². The molecule has 2 saturated carbocycles. The first kappa shape index (κ1) is 10.9. The first-order chi connectivity index (χ1) is 7.24. The molecular formula is C12H22N2O. The lowest BCUT2D eigenvalue weighted by Gasteiger charge is -2.29. The lowest BCUT2D eigenvalue weighted by atomic mass is 9.82. The number of rotatable bonds is 3. The van der Waals surface area contributed by atoms with Gasteiger partial charge >= 0.3 is 0 Å². The van der Waals surface area contributed by atoms with Gasteiger partial charge in [-0.3, -0.25) is 4.79 Å². The molecule has 0 bridgehead atoms. The summed E-state index contributed by atoms with van der Waals surface area (Å²) in [6, 6.07) is 0.766. The molecule has 0 heterocycles. The molecule has 0 saturated heterocycles. The molecule has 0 aliphatic heterocycles. The second-order valence-corrected chi connectivity index (χ2v) is 5.18. The third kappa shape index (κ3) is 3.20. The van der Waals surface area contributed by atoms with Gasteiger partial charge in [0.25, 0.3) is 0 Å². The Morgan fingerprint density at radius 3 is 2.33 bits per heavy atom. The van der Waals surface area contributed by atoms with Crippen molar-refractivity contribution in [3.8, 4) is 0 Å². The average Bonchev–Trinajstić information content (AvgIpc) is 2.16. The molecule has 1 amide bonds. The lowest BCUT2D eigenvalue weighted by molar-refractivity contribution is -0.123. The Bertz CT molecular complexity index is 218. The maximum absolute atomic E-state index is 11.7. The number of amides is 1. The molecule has 0 atom stereocenters. The molecule has 2 fully saturated rings. The van der Waals surface area contributed by atoms with Crippen LogP contribution in [0, 0.1) is 5.92 Å². The van der Waals surface area contributed by atoms with Crippen molar-refractivity contribution in [1.82, 2.24) is 5.32 Å². The molecule has 0 radical (unpaired) electrons. The summed E-state index contributed by atoms with van der Waals surface area (Å²) in [7, 11) is 0. The van der Waals surface area contributed by atoms with Crippen LogP contribution in [0.1, 0.15) is 51.4 Å². The summed E-state index contributed by atoms with van der Waals surface area (Å²) < 4.78 is 0. The van der Waals surface area contributed by atoms with Gasteiger partial charge in [-0.05, 0) is 44.4 Å². The second-order valence-electron chi connectivity index (χ2n) is 5.18. The van der Waals surface area contributed by atoms with Crippen molar-refractivity contribution in [3.63, 3.8) is 0 Å². The van der Waals surface area contributed by atoms with Gasteiger partial charge in [0.1, 0.15) is 0 Å². The van der Waals surface area contributed by atoms with Crippen LogP contribution >= 0.6 is 0 Å². The molecule has 0 aromatic heterocycles. The zero-order chi connectivity index (χ0) is 10.7. The Hall–Kier alpha value is -0.570. The fraction of sp³-hybridized carbons (Fsp3) is 0.917. The number of hydrogen-bond acceptors (Lipinski definition) is 2. The predicted molar refractivity (Wildman–Crippen MR) is 60.3 cm³/mol. The van der Waals surface area contributed by atoms with E-state index >= 15 is 0 Å². The van der Waals surface area contributed by atoms with E-state index in [1.165, 1.54) is 19.3 Å². The van der Waals surface area contributed by atoms with Crippen molar-refractivity contribution in [3.05, 3.63) is 0 Å². The molecule has 2 aliphatic rings. The highest BCUT2D eigenvalue weighted by atomic mass is 16.1. The van der Waals surface area contributed by atoms with Gasteiger partial charge < -0.3 is 11.1 Å². The Labute approximate surface area is 91.8 Å². The third-order valence-electron chi connectivity index (χ3n) is 3.84. The molecular weight excluding hydrogens is 188 g/mol. The first-order valence-electron chi connectivity index (χ1n) is 6.29. The minimum atomic E-state index is 0.264. The van der Waals surface area contributed by atoms with Crippen molar-refractivity contribution >= 4 is 5.91 Å². The molecule has 3 heteroatoms. The van der Waals surface area contributed by atoms with Gasteiger partial charge in [0.05, 0.1) is 0 Å². The van der Waals surface area contributed by atoms with E-state index in [0.717, 1.165) is 32.1 Å². The number of nitrogens with two attached hydrogens (primary N) is 1. The van der Waals surface area contributed by atoms with Crippen LogP contribution in [0.25, 0.3) is 0 Å². The summed E-state index contributed by atoms with van der Waals surface area (Å²) in [5, 5.41) is 3.14. The molecule has 0 unspecified atom stereocenters. The molecule has 3 N–H and O–H groups in total. The molecule has 0 aromatic carbocycles. The topological polar surface area (TPSA) is 55.1 Å². The molecule has 0 spiro atoms. The highest BCUT2D eigenvalue weighted by molar-refractivity contribution is 5.76. The van der Waals surface area contributed by atoms with Crippen LogP contribution in [-0.2, 0) is 4.79 Å². The van der Waals surface area contributed by atoms with Crippen LogP contribution in [0.5, 0.6) is 0 Å². The SMILES string of the molecule is NC1CCC(NC(=O)CC2CCC2)CC1. The quantitative estimate of drug-likeness (QED) is 0.742. The maximum Gasteiger partial charge on any atom is 0.220 e. The van der Waals surface area contributed by atoms with E-state index in [4.69, 9.17) is 5.73 Å². The number of nitrogens with one attached hydrogen (secondary N) is 1. The monoisotopic (exact) mass is 210 g/mol. The zero-order valence-corrected chi connectivity index (χ0v) is 9.37. The summed E-state index contributed by atoms with van der Waals surface area (Å²) in [5.41, 5.74) is 5.83. The van der Waals surface area contributed by atoms with E-state index in [1.54, 1.807) is 0 Å². The number of hydrogen-bond donors (Lipinski definition) is 2. The fourth-order valence-corrected chi connectivity index (χ4v) is 2.51. The fourth-order valence-electron chi connectivity index (χ4n) is 2.51. The molecule has 2 aliphatic carbocycles. The standard InChI is InChI=1S/C12H22N2O/c13-10-4-6-11(7-5-10)14-12(15)8-9-2-1-3-9/h9-11H,1-8,13H2,(H,14,15). The Balaban J connectivity index is 1.64. The minimum Gasteiger partial charge on any atom is -0.353 e. The van der Waals surface area contributed by atoms with Crippen LogP contribution in [-0.4, -0.2) is 18.0 Å². The van der Waals surface area contributed by atoms with E-state index in [0.29, 0.717) is 18.0 Å². The van der Waals surface area contributed by atoms with E-state index in [9.17, 15) is 4.79 Å². The minimum absolute atomic E-state index is 0.264. The maximum atomic E-state index is 11.7. The van der Waals surface area contributed by atoms with Crippen molar-refractivity contribution in [2.75, 3.05) is 0 Å². The predicted octanol–water partition coefficient (Wildman–Crippen LogP) is 1.56. The lowest BCUT2D eigenvalue weighted by Crippen LogP contribution is -2.41. The Morgan fingerprint density at radius 1 is 1.13 bits per heavy atom. The van der Waals surface area contributed by atoms with Crippen LogP contribution in [0.15, 0.2) is 0 Å². The normalized spacial score (nSPS) is 32.1. The highest BCUT2D eigenvalue weighted by Gasteiger charge is 2.23. The Kier molecular flexibility index (Phi) is 3.62. The van der Waals surface area contributed by atoms with Gasteiger partial charge in [-0.15, -0.1) is 0 Å². The highest BCUT2D eigenvalue weighted by Crippen LogP contribution is 2.29. The Morgan fingerprint density at radius 2 is 1.80 bits per heavy atom. The van der Waals surface area contributed by atoms with Crippen LogP contribution in [0.3, 0.4) is 0 Å². The molecule has 86 valence electrons. The summed E-state index contributed by atoms with van der Waals surface area (Å²) in [6.45, 7) is 0. The van der Waals surface area contributed by atoms with Gasteiger partial charge in [-0.25, -0.2) is 0 Å². The summed E-state index contributed by atoms with van der Waals surface area (Å²) >= 11 is 0. The van der Waals surface area contributed by atoms with Gasteiger partial charge in [-0.2, -0.15) is 0 Å². The van der Waals surface area contributed by atoms with Gasteiger partial charge in [-0.1, -0.05) is 6.42 Å². The van der Waals surface area contributed by atoms with E-state index in [1.807, 2.05) is 0 Å². The van der Waals surface area contributed by atoms with Crippen LogP contribution in [0.2, 0.25) is 0 Å². The second kappa shape index (κ2) is 4.97.